The summed E-state index contributed by atoms with van der Waals surface area (Å²) in [5.41, 5.74) is 5.99. The van der Waals surface area contributed by atoms with E-state index in [4.69, 9.17) is 0 Å². The molecule has 0 spiro atoms. The minimum atomic E-state index is 0.142. The van der Waals surface area contributed by atoms with E-state index in [0.717, 1.165) is 28.1 Å². The number of aryl methyl sites for hydroxylation is 1. The highest BCUT2D eigenvalue weighted by molar-refractivity contribution is 5.72. The fourth-order valence-electron chi connectivity index (χ4n) is 2.62. The van der Waals surface area contributed by atoms with Crippen molar-refractivity contribution in [3.63, 3.8) is 0 Å². The van der Waals surface area contributed by atoms with Crippen LogP contribution in [0.1, 0.15) is 31.9 Å². The number of phenols is 1. The van der Waals surface area contributed by atoms with Gasteiger partial charge in [-0.1, -0.05) is 51.1 Å². The maximum absolute atomic E-state index is 10.1. The third-order valence-electron chi connectivity index (χ3n) is 4.07. The molecule has 3 aromatic rings. The molecule has 0 amide bonds. The van der Waals surface area contributed by atoms with Crippen molar-refractivity contribution in [3.05, 3.63) is 59.7 Å². The van der Waals surface area contributed by atoms with Crippen molar-refractivity contribution in [2.24, 2.45) is 0 Å². The van der Waals surface area contributed by atoms with Crippen LogP contribution >= 0.6 is 0 Å². The molecule has 0 aliphatic rings. The van der Waals surface area contributed by atoms with Gasteiger partial charge in [0, 0.05) is 11.1 Å². The smallest absolute Gasteiger partial charge is 0.125 e. The molecule has 2 N–H and O–H groups in total. The summed E-state index contributed by atoms with van der Waals surface area (Å²) < 4.78 is 0. The monoisotopic (exact) mass is 306 g/mol. The van der Waals surface area contributed by atoms with Gasteiger partial charge in [0.1, 0.15) is 5.75 Å². The van der Waals surface area contributed by atoms with Crippen LogP contribution in [-0.2, 0) is 5.41 Å². The normalized spacial score (nSPS) is 11.7. The maximum atomic E-state index is 10.1. The molecule has 1 heterocycles. The van der Waals surface area contributed by atoms with E-state index in [1.165, 1.54) is 5.56 Å². The van der Waals surface area contributed by atoms with Crippen molar-refractivity contribution in [2.45, 2.75) is 33.1 Å². The SMILES string of the molecule is Cc1ccc(-c2cc(-c3ccc(C(C)(C)C)cc3)n[nH]2)c(O)c1. The highest BCUT2D eigenvalue weighted by Gasteiger charge is 2.14. The number of aromatic hydroxyl groups is 1. The number of phenolic OH excluding ortho intramolecular Hbond substituents is 1. The van der Waals surface area contributed by atoms with Gasteiger partial charge in [0.25, 0.3) is 0 Å². The number of aromatic nitrogens is 2. The third kappa shape index (κ3) is 3.14. The van der Waals surface area contributed by atoms with Gasteiger partial charge in [-0.25, -0.2) is 0 Å². The summed E-state index contributed by atoms with van der Waals surface area (Å²) in [5, 5.41) is 17.5. The second-order valence-corrected chi connectivity index (χ2v) is 7.01. The van der Waals surface area contributed by atoms with E-state index < -0.39 is 0 Å². The van der Waals surface area contributed by atoms with Gasteiger partial charge >= 0.3 is 0 Å². The van der Waals surface area contributed by atoms with E-state index in [9.17, 15) is 5.11 Å². The van der Waals surface area contributed by atoms with Crippen LogP contribution in [0.15, 0.2) is 48.5 Å². The Morgan fingerprint density at radius 1 is 0.957 bits per heavy atom. The van der Waals surface area contributed by atoms with Crippen LogP contribution in [-0.4, -0.2) is 15.3 Å². The number of H-pyrrole nitrogens is 1. The minimum absolute atomic E-state index is 0.142. The van der Waals surface area contributed by atoms with Gasteiger partial charge < -0.3 is 5.11 Å². The maximum Gasteiger partial charge on any atom is 0.125 e. The molecule has 0 saturated carbocycles. The van der Waals surface area contributed by atoms with Gasteiger partial charge in [-0.05, 0) is 41.7 Å². The molecule has 0 unspecified atom stereocenters. The lowest BCUT2D eigenvalue weighted by molar-refractivity contribution is 0.476. The molecule has 3 nitrogen and oxygen atoms in total. The van der Waals surface area contributed by atoms with Crippen LogP contribution in [0.5, 0.6) is 5.75 Å². The zero-order valence-corrected chi connectivity index (χ0v) is 14.0. The topological polar surface area (TPSA) is 48.9 Å². The molecule has 3 rings (SSSR count). The molecule has 0 radical (unpaired) electrons. The van der Waals surface area contributed by atoms with E-state index in [0.29, 0.717) is 0 Å². The van der Waals surface area contributed by atoms with Crippen molar-refractivity contribution in [2.75, 3.05) is 0 Å². The summed E-state index contributed by atoms with van der Waals surface area (Å²) in [4.78, 5) is 0. The van der Waals surface area contributed by atoms with E-state index >= 15 is 0 Å². The van der Waals surface area contributed by atoms with E-state index in [-0.39, 0.29) is 11.2 Å². The molecular formula is C20H22N2O. The molecule has 2 aromatic carbocycles. The molecule has 0 fully saturated rings. The van der Waals surface area contributed by atoms with Crippen molar-refractivity contribution < 1.29 is 5.11 Å². The van der Waals surface area contributed by atoms with Crippen LogP contribution in [0, 0.1) is 6.92 Å². The fourth-order valence-corrected chi connectivity index (χ4v) is 2.62. The molecule has 0 aliphatic heterocycles. The number of hydrogen-bond donors (Lipinski definition) is 2. The van der Waals surface area contributed by atoms with E-state index in [1.54, 1.807) is 6.07 Å². The molecule has 0 atom stereocenters. The standard InChI is InChI=1S/C20H22N2O/c1-13-5-10-16(19(23)11-13)18-12-17(21-22-18)14-6-8-15(9-7-14)20(2,3)4/h5-12,23H,1-4H3,(H,21,22). The second kappa shape index (κ2) is 5.58. The summed E-state index contributed by atoms with van der Waals surface area (Å²) >= 11 is 0. The number of nitrogens with zero attached hydrogens (tertiary/aromatic N) is 1. The Labute approximate surface area is 137 Å². The van der Waals surface area contributed by atoms with Crippen LogP contribution < -0.4 is 0 Å². The first-order valence-corrected chi connectivity index (χ1v) is 7.81. The predicted octanol–water partition coefficient (Wildman–Crippen LogP) is 5.06. The van der Waals surface area contributed by atoms with Gasteiger partial charge in [0.15, 0.2) is 0 Å². The Bertz CT molecular complexity index is 824. The van der Waals surface area contributed by atoms with Crippen LogP contribution in [0.25, 0.3) is 22.5 Å². The molecule has 0 saturated heterocycles. The Morgan fingerprint density at radius 2 is 1.65 bits per heavy atom. The highest BCUT2D eigenvalue weighted by atomic mass is 16.3. The van der Waals surface area contributed by atoms with Crippen molar-refractivity contribution in [3.8, 4) is 28.3 Å². The lowest BCUT2D eigenvalue weighted by Crippen LogP contribution is -2.10. The number of aromatic amines is 1. The molecule has 3 heteroatoms. The second-order valence-electron chi connectivity index (χ2n) is 7.01. The molecule has 0 bridgehead atoms. The van der Waals surface area contributed by atoms with Gasteiger partial charge in [-0.15, -0.1) is 0 Å². The molecule has 0 aliphatic carbocycles. The van der Waals surface area contributed by atoms with Crippen LogP contribution in [0.2, 0.25) is 0 Å². The van der Waals surface area contributed by atoms with Gasteiger partial charge in [0.05, 0.1) is 11.4 Å². The van der Waals surface area contributed by atoms with E-state index in [1.807, 2.05) is 25.1 Å². The molecular weight excluding hydrogens is 284 g/mol. The Hall–Kier alpha value is -2.55. The van der Waals surface area contributed by atoms with Gasteiger partial charge in [-0.3, -0.25) is 5.10 Å². The first kappa shape index (κ1) is 15.3. The zero-order chi connectivity index (χ0) is 16.6. The summed E-state index contributed by atoms with van der Waals surface area (Å²) in [5.74, 6) is 0.267. The largest absolute Gasteiger partial charge is 0.507 e. The zero-order valence-electron chi connectivity index (χ0n) is 14.0. The molecule has 118 valence electrons. The predicted molar refractivity (Wildman–Crippen MR) is 94.6 cm³/mol. The van der Waals surface area contributed by atoms with Crippen molar-refractivity contribution in [1.29, 1.82) is 0 Å². The van der Waals surface area contributed by atoms with E-state index in [2.05, 4.69) is 55.2 Å². The Kier molecular flexibility index (Phi) is 3.72. The minimum Gasteiger partial charge on any atom is -0.507 e. The third-order valence-corrected chi connectivity index (χ3v) is 4.07. The fraction of sp³-hybridized carbons (Fsp3) is 0.250. The summed E-state index contributed by atoms with van der Waals surface area (Å²) in [6, 6.07) is 16.1. The Balaban J connectivity index is 1.93. The first-order valence-electron chi connectivity index (χ1n) is 7.81. The molecule has 23 heavy (non-hydrogen) atoms. The Morgan fingerprint density at radius 3 is 2.26 bits per heavy atom. The summed E-state index contributed by atoms with van der Waals surface area (Å²) in [7, 11) is 0. The average molecular weight is 306 g/mol. The van der Waals surface area contributed by atoms with Gasteiger partial charge in [-0.2, -0.15) is 5.10 Å². The van der Waals surface area contributed by atoms with Crippen molar-refractivity contribution >= 4 is 0 Å². The number of hydrogen-bond acceptors (Lipinski definition) is 2. The summed E-state index contributed by atoms with van der Waals surface area (Å²) in [6.07, 6.45) is 0. The van der Waals surface area contributed by atoms with Gasteiger partial charge in [0.2, 0.25) is 0 Å². The van der Waals surface area contributed by atoms with Crippen LogP contribution in [0.4, 0.5) is 0 Å². The quantitative estimate of drug-likeness (QED) is 0.695. The van der Waals surface area contributed by atoms with Crippen molar-refractivity contribution in [1.82, 2.24) is 10.2 Å². The van der Waals surface area contributed by atoms with Crippen LogP contribution in [0.3, 0.4) is 0 Å². The number of rotatable bonds is 2. The number of benzene rings is 2. The summed E-state index contributed by atoms with van der Waals surface area (Å²) in [6.45, 7) is 8.57. The number of nitrogens with one attached hydrogen (secondary N) is 1. The lowest BCUT2D eigenvalue weighted by Gasteiger charge is -2.18. The average Bonchev–Trinajstić information content (AvgIpc) is 2.96. The highest BCUT2D eigenvalue weighted by Crippen LogP contribution is 2.31. The molecule has 1 aromatic heterocycles. The lowest BCUT2D eigenvalue weighted by atomic mass is 9.86. The first-order chi connectivity index (χ1) is 10.8.